The zero-order valence-corrected chi connectivity index (χ0v) is 9.98. The fraction of sp³-hybridized carbons (Fsp3) is 0.100. The molecule has 4 N–H and O–H groups in total. The second-order valence-corrected chi connectivity index (χ2v) is 5.23. The fourth-order valence-electron chi connectivity index (χ4n) is 1.47. The number of benzene rings is 1. The van der Waals surface area contributed by atoms with Gasteiger partial charge in [0.05, 0.1) is 22.0 Å². The summed E-state index contributed by atoms with van der Waals surface area (Å²) in [5.74, 6) is 0. The molecule has 0 amide bonds. The van der Waals surface area contributed by atoms with Gasteiger partial charge in [-0.15, -0.1) is 0 Å². The molecule has 0 saturated heterocycles. The maximum atomic E-state index is 11.1. The highest BCUT2D eigenvalue weighted by Crippen LogP contribution is 2.20. The Morgan fingerprint density at radius 2 is 2.00 bits per heavy atom. The average molecular weight is 252 g/mol. The van der Waals surface area contributed by atoms with Gasteiger partial charge in [-0.25, -0.2) is 18.2 Å². The predicted octanol–water partition coefficient (Wildman–Crippen LogP) is 0.410. The smallest absolute Gasteiger partial charge is 0.238 e. The lowest BCUT2D eigenvalue weighted by molar-refractivity contribution is 0.598. The Kier molecular flexibility index (Phi) is 2.64. The number of anilines is 1. The van der Waals surface area contributed by atoms with E-state index in [1.165, 1.54) is 12.1 Å². The number of nitrogens with two attached hydrogens (primary N) is 2. The number of sulfonamides is 1. The summed E-state index contributed by atoms with van der Waals surface area (Å²) in [6.45, 7) is 1.85. The normalized spacial score (nSPS) is 11.6. The number of aryl methyl sites for hydroxylation is 1. The zero-order valence-electron chi connectivity index (χ0n) is 9.16. The molecule has 1 aromatic heterocycles. The fourth-order valence-corrected chi connectivity index (χ4v) is 2.02. The van der Waals surface area contributed by atoms with Gasteiger partial charge in [-0.1, -0.05) is 0 Å². The lowest BCUT2D eigenvalue weighted by Gasteiger charge is -2.07. The van der Waals surface area contributed by atoms with Crippen LogP contribution in [0.5, 0.6) is 0 Å². The summed E-state index contributed by atoms with van der Waals surface area (Å²) < 4.78 is 23.9. The minimum Gasteiger partial charge on any atom is -0.397 e. The van der Waals surface area contributed by atoms with Crippen LogP contribution < -0.4 is 10.9 Å². The van der Waals surface area contributed by atoms with Gasteiger partial charge in [0.15, 0.2) is 0 Å². The molecule has 1 heterocycles. The Morgan fingerprint density at radius 3 is 2.47 bits per heavy atom. The van der Waals surface area contributed by atoms with Crippen molar-refractivity contribution in [2.24, 2.45) is 5.14 Å². The van der Waals surface area contributed by atoms with Crippen LogP contribution in [0.25, 0.3) is 5.69 Å². The largest absolute Gasteiger partial charge is 0.397 e. The summed E-state index contributed by atoms with van der Waals surface area (Å²) in [6.07, 6.45) is 1.75. The van der Waals surface area contributed by atoms with E-state index in [4.69, 9.17) is 10.9 Å². The number of hydrogen-bond acceptors (Lipinski definition) is 4. The lowest BCUT2D eigenvalue weighted by Crippen LogP contribution is -2.13. The van der Waals surface area contributed by atoms with Crippen molar-refractivity contribution in [1.29, 1.82) is 0 Å². The van der Waals surface area contributed by atoms with Crippen molar-refractivity contribution in [3.8, 4) is 5.69 Å². The van der Waals surface area contributed by atoms with E-state index in [2.05, 4.69) is 5.10 Å². The van der Waals surface area contributed by atoms with Crippen molar-refractivity contribution >= 4 is 15.7 Å². The molecule has 6 nitrogen and oxygen atoms in total. The van der Waals surface area contributed by atoms with Gasteiger partial charge < -0.3 is 5.73 Å². The van der Waals surface area contributed by atoms with Gasteiger partial charge in [0.1, 0.15) is 0 Å². The monoisotopic (exact) mass is 252 g/mol. The zero-order chi connectivity index (χ0) is 12.6. The number of nitrogen functional groups attached to an aromatic ring is 1. The molecule has 17 heavy (non-hydrogen) atoms. The molecule has 1 aromatic carbocycles. The van der Waals surface area contributed by atoms with Gasteiger partial charge >= 0.3 is 0 Å². The molecule has 0 aliphatic heterocycles. The molecule has 7 heteroatoms. The SMILES string of the molecule is Cc1ccn(-c2ccc(S(N)(=O)=O)cc2N)n1. The van der Waals surface area contributed by atoms with E-state index < -0.39 is 10.0 Å². The summed E-state index contributed by atoms with van der Waals surface area (Å²) in [5, 5.41) is 9.20. The highest BCUT2D eigenvalue weighted by atomic mass is 32.2. The Bertz CT molecular complexity index is 661. The summed E-state index contributed by atoms with van der Waals surface area (Å²) in [5.41, 5.74) is 7.55. The third-order valence-electron chi connectivity index (χ3n) is 2.30. The van der Waals surface area contributed by atoms with Crippen molar-refractivity contribution in [2.45, 2.75) is 11.8 Å². The standard InChI is InChI=1S/C10H12N4O2S/c1-7-4-5-14(13-7)10-3-2-8(6-9(10)11)17(12,15)16/h2-6H,11H2,1H3,(H2,12,15,16). The van der Waals surface area contributed by atoms with Crippen LogP contribution in [0.15, 0.2) is 35.4 Å². The highest BCUT2D eigenvalue weighted by Gasteiger charge is 2.11. The molecular formula is C10H12N4O2S. The first-order valence-electron chi connectivity index (χ1n) is 4.83. The van der Waals surface area contributed by atoms with E-state index in [0.29, 0.717) is 11.4 Å². The van der Waals surface area contributed by atoms with Crippen LogP contribution in [0.2, 0.25) is 0 Å². The van der Waals surface area contributed by atoms with Crippen molar-refractivity contribution in [1.82, 2.24) is 9.78 Å². The molecule has 0 aliphatic carbocycles. The molecular weight excluding hydrogens is 240 g/mol. The van der Waals surface area contributed by atoms with Crippen molar-refractivity contribution in [2.75, 3.05) is 5.73 Å². The van der Waals surface area contributed by atoms with Crippen LogP contribution in [0, 0.1) is 6.92 Å². The second-order valence-electron chi connectivity index (χ2n) is 3.67. The van der Waals surface area contributed by atoms with Crippen molar-refractivity contribution in [3.05, 3.63) is 36.2 Å². The molecule has 0 aliphatic rings. The van der Waals surface area contributed by atoms with E-state index in [0.717, 1.165) is 5.69 Å². The number of primary sulfonamides is 1. The van der Waals surface area contributed by atoms with E-state index in [1.54, 1.807) is 16.9 Å². The predicted molar refractivity (Wildman–Crippen MR) is 64.1 cm³/mol. The van der Waals surface area contributed by atoms with E-state index in [1.807, 2.05) is 13.0 Å². The Morgan fingerprint density at radius 1 is 1.29 bits per heavy atom. The molecule has 2 aromatic rings. The molecule has 90 valence electrons. The van der Waals surface area contributed by atoms with Crippen LogP contribution >= 0.6 is 0 Å². The minimum atomic E-state index is -3.73. The van der Waals surface area contributed by atoms with E-state index in [9.17, 15) is 8.42 Å². The van der Waals surface area contributed by atoms with Crippen LogP contribution in [-0.2, 0) is 10.0 Å². The molecule has 0 saturated carbocycles. The summed E-state index contributed by atoms with van der Waals surface area (Å²) in [6, 6.07) is 6.12. The highest BCUT2D eigenvalue weighted by molar-refractivity contribution is 7.89. The number of rotatable bonds is 2. The van der Waals surface area contributed by atoms with Crippen LogP contribution in [0.4, 0.5) is 5.69 Å². The molecule has 0 radical (unpaired) electrons. The van der Waals surface area contributed by atoms with Crippen molar-refractivity contribution < 1.29 is 8.42 Å². The Balaban J connectivity index is 2.53. The van der Waals surface area contributed by atoms with Crippen LogP contribution in [-0.4, -0.2) is 18.2 Å². The van der Waals surface area contributed by atoms with Crippen LogP contribution in [0.3, 0.4) is 0 Å². The lowest BCUT2D eigenvalue weighted by atomic mass is 10.3. The van der Waals surface area contributed by atoms with E-state index in [-0.39, 0.29) is 4.90 Å². The quantitative estimate of drug-likeness (QED) is 0.755. The maximum absolute atomic E-state index is 11.1. The van der Waals surface area contributed by atoms with Gasteiger partial charge in [-0.05, 0) is 31.2 Å². The molecule has 0 atom stereocenters. The molecule has 0 unspecified atom stereocenters. The number of aromatic nitrogens is 2. The molecule has 0 fully saturated rings. The first-order valence-corrected chi connectivity index (χ1v) is 6.37. The maximum Gasteiger partial charge on any atom is 0.238 e. The van der Waals surface area contributed by atoms with Crippen molar-refractivity contribution in [3.63, 3.8) is 0 Å². The Labute approximate surface area is 98.9 Å². The molecule has 2 rings (SSSR count). The van der Waals surface area contributed by atoms with E-state index >= 15 is 0 Å². The topological polar surface area (TPSA) is 104 Å². The second kappa shape index (κ2) is 3.86. The molecule has 0 spiro atoms. The van der Waals surface area contributed by atoms with Gasteiger partial charge in [0.2, 0.25) is 10.0 Å². The molecule has 0 bridgehead atoms. The van der Waals surface area contributed by atoms with Gasteiger partial charge in [0, 0.05) is 6.20 Å². The average Bonchev–Trinajstić information content (AvgIpc) is 2.63. The minimum absolute atomic E-state index is 0.0115. The first-order chi connectivity index (χ1) is 7.88. The van der Waals surface area contributed by atoms with Gasteiger partial charge in [-0.3, -0.25) is 0 Å². The summed E-state index contributed by atoms with van der Waals surface area (Å²) in [4.78, 5) is -0.0115. The Hall–Kier alpha value is -1.86. The summed E-state index contributed by atoms with van der Waals surface area (Å²) in [7, 11) is -3.73. The van der Waals surface area contributed by atoms with Crippen LogP contribution in [0.1, 0.15) is 5.69 Å². The number of hydrogen-bond donors (Lipinski definition) is 2. The first kappa shape index (κ1) is 11.6. The third-order valence-corrected chi connectivity index (χ3v) is 3.21. The third kappa shape index (κ3) is 2.29. The number of nitrogens with zero attached hydrogens (tertiary/aromatic N) is 2. The van der Waals surface area contributed by atoms with Gasteiger partial charge in [-0.2, -0.15) is 5.10 Å². The summed E-state index contributed by atoms with van der Waals surface area (Å²) >= 11 is 0. The van der Waals surface area contributed by atoms with Gasteiger partial charge in [0.25, 0.3) is 0 Å².